The number of anilines is 3. The van der Waals surface area contributed by atoms with E-state index in [9.17, 15) is 4.79 Å². The van der Waals surface area contributed by atoms with Crippen LogP contribution < -0.4 is 15.4 Å². The molecule has 4 aromatic rings. The number of methoxy groups -OCH3 is 1. The molecule has 1 aromatic carbocycles. The number of ether oxygens (including phenoxy) is 1. The van der Waals surface area contributed by atoms with Gasteiger partial charge in [-0.05, 0) is 36.4 Å². The van der Waals surface area contributed by atoms with Crippen molar-refractivity contribution in [3.63, 3.8) is 0 Å². The van der Waals surface area contributed by atoms with Crippen LogP contribution in [-0.4, -0.2) is 28.0 Å². The summed E-state index contributed by atoms with van der Waals surface area (Å²) in [5.74, 6) is 0.784. The molecule has 144 valence electrons. The Labute approximate surface area is 171 Å². The van der Waals surface area contributed by atoms with Gasteiger partial charge >= 0.3 is 0 Å². The highest BCUT2D eigenvalue weighted by molar-refractivity contribution is 7.14. The smallest absolute Gasteiger partial charge is 0.261 e. The van der Waals surface area contributed by atoms with Crippen LogP contribution in [0.2, 0.25) is 0 Å². The quantitative estimate of drug-likeness (QED) is 0.489. The number of para-hydroxylation sites is 2. The molecule has 0 bridgehead atoms. The molecule has 3 heterocycles. The van der Waals surface area contributed by atoms with Gasteiger partial charge in [0.15, 0.2) is 5.13 Å². The van der Waals surface area contributed by atoms with Gasteiger partial charge in [-0.25, -0.2) is 9.97 Å². The minimum absolute atomic E-state index is 0.303. The highest BCUT2D eigenvalue weighted by atomic mass is 32.1. The first-order valence-corrected chi connectivity index (χ1v) is 9.65. The van der Waals surface area contributed by atoms with Gasteiger partial charge in [0.25, 0.3) is 5.91 Å². The molecule has 8 heteroatoms. The third-order valence-corrected chi connectivity index (χ3v) is 4.85. The molecule has 0 aliphatic carbocycles. The van der Waals surface area contributed by atoms with Gasteiger partial charge in [-0.2, -0.15) is 0 Å². The minimum Gasteiger partial charge on any atom is -0.495 e. The van der Waals surface area contributed by atoms with Crippen LogP contribution in [-0.2, 0) is 0 Å². The molecule has 0 aliphatic rings. The normalized spacial score (nSPS) is 10.4. The van der Waals surface area contributed by atoms with Gasteiger partial charge in [-0.3, -0.25) is 15.1 Å². The number of hydrogen-bond donors (Lipinski definition) is 2. The first-order valence-electron chi connectivity index (χ1n) is 8.77. The number of carbonyl (C=O) groups excluding carboxylic acids is 1. The zero-order valence-corrected chi connectivity index (χ0v) is 16.3. The number of nitrogens with zero attached hydrogens (tertiary/aromatic N) is 3. The summed E-state index contributed by atoms with van der Waals surface area (Å²) in [5.41, 5.74) is 2.77. The predicted molar refractivity (Wildman–Crippen MR) is 114 cm³/mol. The Kier molecular flexibility index (Phi) is 5.44. The molecule has 0 saturated carbocycles. The summed E-state index contributed by atoms with van der Waals surface area (Å²) < 4.78 is 5.35. The van der Waals surface area contributed by atoms with Crippen molar-refractivity contribution in [3.8, 4) is 17.0 Å². The minimum atomic E-state index is -0.303. The Balaban J connectivity index is 1.55. The lowest BCUT2D eigenvalue weighted by Crippen LogP contribution is -2.14. The van der Waals surface area contributed by atoms with Gasteiger partial charge in [0.05, 0.1) is 24.1 Å². The van der Waals surface area contributed by atoms with Gasteiger partial charge < -0.3 is 10.1 Å². The second kappa shape index (κ2) is 8.49. The molecule has 0 aliphatic heterocycles. The fourth-order valence-corrected chi connectivity index (χ4v) is 3.42. The van der Waals surface area contributed by atoms with Crippen molar-refractivity contribution in [2.24, 2.45) is 0 Å². The van der Waals surface area contributed by atoms with Crippen molar-refractivity contribution >= 4 is 33.9 Å². The summed E-state index contributed by atoms with van der Waals surface area (Å²) in [7, 11) is 1.59. The van der Waals surface area contributed by atoms with E-state index in [2.05, 4.69) is 25.6 Å². The second-order valence-corrected chi connectivity index (χ2v) is 6.82. The Bertz CT molecular complexity index is 1130. The first-order chi connectivity index (χ1) is 14.2. The van der Waals surface area contributed by atoms with Crippen molar-refractivity contribution in [2.75, 3.05) is 17.7 Å². The van der Waals surface area contributed by atoms with Gasteiger partial charge in [-0.15, -0.1) is 11.3 Å². The van der Waals surface area contributed by atoms with Crippen LogP contribution in [0.1, 0.15) is 10.4 Å². The summed E-state index contributed by atoms with van der Waals surface area (Å²) in [6.45, 7) is 0. The van der Waals surface area contributed by atoms with E-state index in [4.69, 9.17) is 4.74 Å². The van der Waals surface area contributed by atoms with Crippen LogP contribution in [0.25, 0.3) is 11.3 Å². The maximum atomic E-state index is 12.9. The van der Waals surface area contributed by atoms with Gasteiger partial charge in [-0.1, -0.05) is 12.1 Å². The highest BCUT2D eigenvalue weighted by Crippen LogP contribution is 2.29. The van der Waals surface area contributed by atoms with Crippen molar-refractivity contribution in [2.45, 2.75) is 0 Å². The fourth-order valence-electron chi connectivity index (χ4n) is 2.71. The molecule has 7 nitrogen and oxygen atoms in total. The monoisotopic (exact) mass is 403 g/mol. The molecular formula is C21H17N5O2S. The second-order valence-electron chi connectivity index (χ2n) is 5.96. The SMILES string of the molecule is COc1ccccc1Nc1ncccc1C(=O)Nc1nc(-c2cccnc2)cs1. The summed E-state index contributed by atoms with van der Waals surface area (Å²) in [6, 6.07) is 14.6. The number of pyridine rings is 2. The van der Waals surface area contributed by atoms with Crippen LogP contribution >= 0.6 is 11.3 Å². The van der Waals surface area contributed by atoms with Crippen molar-refractivity contribution in [3.05, 3.63) is 78.1 Å². The molecule has 29 heavy (non-hydrogen) atoms. The molecule has 0 unspecified atom stereocenters. The van der Waals surface area contributed by atoms with E-state index in [-0.39, 0.29) is 5.91 Å². The summed E-state index contributed by atoms with van der Waals surface area (Å²) in [4.78, 5) is 25.7. The van der Waals surface area contributed by atoms with E-state index in [1.54, 1.807) is 37.8 Å². The third-order valence-electron chi connectivity index (χ3n) is 4.09. The number of carbonyl (C=O) groups is 1. The van der Waals surface area contributed by atoms with E-state index in [1.165, 1.54) is 11.3 Å². The van der Waals surface area contributed by atoms with Crippen LogP contribution in [0.4, 0.5) is 16.6 Å². The molecule has 0 atom stereocenters. The molecule has 2 N–H and O–H groups in total. The molecule has 0 radical (unpaired) electrons. The van der Waals surface area contributed by atoms with Crippen LogP contribution in [0.3, 0.4) is 0 Å². The largest absolute Gasteiger partial charge is 0.495 e. The topological polar surface area (TPSA) is 89.0 Å². The average molecular weight is 403 g/mol. The molecular weight excluding hydrogens is 386 g/mol. The van der Waals surface area contributed by atoms with Crippen molar-refractivity contribution in [1.82, 2.24) is 15.0 Å². The molecule has 0 saturated heterocycles. The van der Waals surface area contributed by atoms with Crippen molar-refractivity contribution < 1.29 is 9.53 Å². The maximum absolute atomic E-state index is 12.9. The van der Waals surface area contributed by atoms with E-state index < -0.39 is 0 Å². The number of nitrogens with one attached hydrogen (secondary N) is 2. The molecule has 0 spiro atoms. The molecule has 4 rings (SSSR count). The number of amides is 1. The molecule has 0 fully saturated rings. The molecule has 3 aromatic heterocycles. The fraction of sp³-hybridized carbons (Fsp3) is 0.0476. The zero-order chi connectivity index (χ0) is 20.1. The highest BCUT2D eigenvalue weighted by Gasteiger charge is 2.16. The summed E-state index contributed by atoms with van der Waals surface area (Å²) >= 11 is 1.35. The standard InChI is InChI=1S/C21H17N5O2S/c1-28-18-9-3-2-8-16(18)24-19-15(7-5-11-23-19)20(27)26-21-25-17(13-29-21)14-6-4-10-22-12-14/h2-13H,1H3,(H,23,24)(H,25,26,27). The summed E-state index contributed by atoms with van der Waals surface area (Å²) in [5, 5.41) is 8.39. The van der Waals surface area contributed by atoms with Gasteiger partial charge in [0.1, 0.15) is 11.6 Å². The maximum Gasteiger partial charge on any atom is 0.261 e. The van der Waals surface area contributed by atoms with Gasteiger partial charge in [0.2, 0.25) is 0 Å². The zero-order valence-electron chi connectivity index (χ0n) is 15.5. The lowest BCUT2D eigenvalue weighted by atomic mass is 10.2. The van der Waals surface area contributed by atoms with Crippen LogP contribution in [0.5, 0.6) is 5.75 Å². The van der Waals surface area contributed by atoms with E-state index >= 15 is 0 Å². The number of rotatable bonds is 6. The van der Waals surface area contributed by atoms with Crippen LogP contribution in [0.15, 0.2) is 72.5 Å². The number of hydrogen-bond acceptors (Lipinski definition) is 7. The lowest BCUT2D eigenvalue weighted by Gasteiger charge is -2.13. The average Bonchev–Trinajstić information content (AvgIpc) is 3.23. The molecule has 1 amide bonds. The van der Waals surface area contributed by atoms with E-state index in [0.29, 0.717) is 22.3 Å². The lowest BCUT2D eigenvalue weighted by molar-refractivity contribution is 0.102. The van der Waals surface area contributed by atoms with Gasteiger partial charge in [0, 0.05) is 29.5 Å². The Hall–Kier alpha value is -3.78. The number of thiazole rings is 1. The number of benzene rings is 1. The summed E-state index contributed by atoms with van der Waals surface area (Å²) in [6.07, 6.45) is 5.06. The van der Waals surface area contributed by atoms with Crippen molar-refractivity contribution in [1.29, 1.82) is 0 Å². The Morgan fingerprint density at radius 3 is 2.76 bits per heavy atom. The Morgan fingerprint density at radius 1 is 1.07 bits per heavy atom. The van der Waals surface area contributed by atoms with E-state index in [1.807, 2.05) is 41.8 Å². The first kappa shape index (κ1) is 18.6. The Morgan fingerprint density at radius 2 is 1.93 bits per heavy atom. The predicted octanol–water partition coefficient (Wildman–Crippen LogP) is 4.60. The number of aromatic nitrogens is 3. The third kappa shape index (κ3) is 4.22. The van der Waals surface area contributed by atoms with E-state index in [0.717, 1.165) is 16.9 Å². The van der Waals surface area contributed by atoms with Crippen LogP contribution in [0, 0.1) is 0 Å².